The Labute approximate surface area is 170 Å². The summed E-state index contributed by atoms with van der Waals surface area (Å²) >= 11 is 0. The van der Waals surface area contributed by atoms with Crippen LogP contribution in [-0.4, -0.2) is 6.18 Å². The number of hydrogen-bond donors (Lipinski definition) is 0. The Morgan fingerprint density at radius 3 is 2.25 bits per heavy atom. The average molecular weight is 399 g/mol. The van der Waals surface area contributed by atoms with Crippen LogP contribution in [0.15, 0.2) is 0 Å². The van der Waals surface area contributed by atoms with E-state index in [0.717, 1.165) is 30.1 Å². The Hall–Kier alpha value is -0.210. The van der Waals surface area contributed by atoms with Crippen molar-refractivity contribution in [1.29, 1.82) is 0 Å². The largest absolute Gasteiger partial charge is 0.389 e. The molecule has 4 aliphatic rings. The maximum absolute atomic E-state index is 13.1. The molecule has 0 aromatic heterocycles. The van der Waals surface area contributed by atoms with E-state index in [2.05, 4.69) is 20.8 Å². The molecule has 0 nitrogen and oxygen atoms in total. The fourth-order valence-corrected chi connectivity index (χ4v) is 9.20. The Kier molecular flexibility index (Phi) is 5.40. The number of halogens is 3. The van der Waals surface area contributed by atoms with Gasteiger partial charge in [-0.1, -0.05) is 34.1 Å². The quantitative estimate of drug-likeness (QED) is 0.449. The first-order valence-electron chi connectivity index (χ1n) is 12.1. The molecule has 0 bridgehead atoms. The normalized spacial score (nSPS) is 49.8. The third-order valence-corrected chi connectivity index (χ3v) is 10.7. The third kappa shape index (κ3) is 3.35. The van der Waals surface area contributed by atoms with Crippen LogP contribution in [-0.2, 0) is 0 Å². The number of hydrogen-bond acceptors (Lipinski definition) is 0. The summed E-state index contributed by atoms with van der Waals surface area (Å²) in [5.41, 5.74) is 0.654. The van der Waals surface area contributed by atoms with Crippen molar-refractivity contribution in [2.24, 2.45) is 52.3 Å². The van der Waals surface area contributed by atoms with E-state index in [0.29, 0.717) is 11.3 Å². The van der Waals surface area contributed by atoms with Crippen LogP contribution in [0.25, 0.3) is 0 Å². The van der Waals surface area contributed by atoms with Crippen molar-refractivity contribution in [3.8, 4) is 0 Å². The summed E-state index contributed by atoms with van der Waals surface area (Å²) in [5, 5.41) is 0. The lowest BCUT2D eigenvalue weighted by Gasteiger charge is -2.61. The van der Waals surface area contributed by atoms with E-state index < -0.39 is 12.6 Å². The highest BCUT2D eigenvalue weighted by Crippen LogP contribution is 2.68. The molecule has 4 unspecified atom stereocenters. The third-order valence-electron chi connectivity index (χ3n) is 10.7. The molecule has 3 heteroatoms. The van der Waals surface area contributed by atoms with Crippen molar-refractivity contribution >= 4 is 0 Å². The molecule has 4 fully saturated rings. The zero-order chi connectivity index (χ0) is 20.3. The summed E-state index contributed by atoms with van der Waals surface area (Å²) in [7, 11) is 0. The lowest BCUT2D eigenvalue weighted by molar-refractivity contribution is -0.156. The van der Waals surface area contributed by atoms with Crippen LogP contribution in [0.5, 0.6) is 0 Å². The highest BCUT2D eigenvalue weighted by atomic mass is 19.4. The lowest BCUT2D eigenvalue weighted by Crippen LogP contribution is -2.53. The number of alkyl halides is 3. The average Bonchev–Trinajstić information content (AvgIpc) is 2.97. The van der Waals surface area contributed by atoms with Gasteiger partial charge in [0.05, 0.1) is 0 Å². The zero-order valence-corrected chi connectivity index (χ0v) is 18.5. The minimum Gasteiger partial charge on any atom is -0.171 e. The Bertz CT molecular complexity index is 569. The molecular formula is C25H41F3. The Morgan fingerprint density at radius 1 is 0.893 bits per heavy atom. The van der Waals surface area contributed by atoms with Gasteiger partial charge < -0.3 is 0 Å². The second-order valence-corrected chi connectivity index (χ2v) is 11.7. The maximum Gasteiger partial charge on any atom is 0.389 e. The zero-order valence-electron chi connectivity index (χ0n) is 18.5. The molecule has 0 aromatic rings. The van der Waals surface area contributed by atoms with E-state index in [1.807, 2.05) is 6.92 Å². The molecule has 4 saturated carbocycles. The number of fused-ring (bicyclic) bond motifs is 5. The molecular weight excluding hydrogens is 357 g/mol. The minimum absolute atomic E-state index is 0.148. The van der Waals surface area contributed by atoms with Crippen molar-refractivity contribution in [3.05, 3.63) is 0 Å². The predicted molar refractivity (Wildman–Crippen MR) is 109 cm³/mol. The van der Waals surface area contributed by atoms with Crippen LogP contribution in [0, 0.1) is 52.3 Å². The molecule has 0 amide bonds. The number of rotatable bonds is 3. The first-order chi connectivity index (χ1) is 13.1. The summed E-state index contributed by atoms with van der Waals surface area (Å²) in [6.45, 7) is 9.20. The fraction of sp³-hybridized carbons (Fsp3) is 1.00. The van der Waals surface area contributed by atoms with E-state index in [-0.39, 0.29) is 17.3 Å². The first-order valence-corrected chi connectivity index (χ1v) is 12.1. The topological polar surface area (TPSA) is 0 Å². The minimum atomic E-state index is -4.02. The summed E-state index contributed by atoms with van der Waals surface area (Å²) < 4.78 is 39.2. The fourth-order valence-electron chi connectivity index (χ4n) is 9.20. The molecule has 162 valence electrons. The van der Waals surface area contributed by atoms with Crippen molar-refractivity contribution in [1.82, 2.24) is 0 Å². The van der Waals surface area contributed by atoms with Crippen molar-refractivity contribution in [3.63, 3.8) is 0 Å². The Balaban J connectivity index is 1.52. The second-order valence-electron chi connectivity index (χ2n) is 11.7. The molecule has 0 spiro atoms. The SMILES string of the molecule is CC[C@H]1CC[C@@]2(C)C(CC[C@@H]3C2CC[C@@]2(C)C3CCC2[C@@H](C)CC(F)(F)F)C1. The van der Waals surface area contributed by atoms with Crippen LogP contribution in [0.1, 0.15) is 98.3 Å². The van der Waals surface area contributed by atoms with Crippen LogP contribution >= 0.6 is 0 Å². The summed E-state index contributed by atoms with van der Waals surface area (Å²) in [5.74, 6) is 4.16. The molecule has 0 heterocycles. The predicted octanol–water partition coefficient (Wildman–Crippen LogP) is 8.26. The monoisotopic (exact) mass is 398 g/mol. The highest BCUT2D eigenvalue weighted by Gasteiger charge is 2.60. The van der Waals surface area contributed by atoms with Crippen molar-refractivity contribution in [2.75, 3.05) is 0 Å². The molecule has 0 N–H and O–H groups in total. The van der Waals surface area contributed by atoms with Gasteiger partial charge in [0.2, 0.25) is 0 Å². The van der Waals surface area contributed by atoms with E-state index >= 15 is 0 Å². The van der Waals surface area contributed by atoms with Gasteiger partial charge in [-0.3, -0.25) is 0 Å². The highest BCUT2D eigenvalue weighted by molar-refractivity contribution is 5.09. The maximum atomic E-state index is 13.1. The van der Waals surface area contributed by atoms with Crippen LogP contribution in [0.2, 0.25) is 0 Å². The van der Waals surface area contributed by atoms with E-state index in [1.165, 1.54) is 57.8 Å². The molecule has 0 aromatic carbocycles. The summed E-state index contributed by atoms with van der Waals surface area (Å²) in [6, 6.07) is 0. The Morgan fingerprint density at radius 2 is 1.57 bits per heavy atom. The van der Waals surface area contributed by atoms with Gasteiger partial charge in [0.1, 0.15) is 0 Å². The summed E-state index contributed by atoms with van der Waals surface area (Å²) in [6.07, 6.45) is 8.34. The van der Waals surface area contributed by atoms with Gasteiger partial charge in [0.25, 0.3) is 0 Å². The van der Waals surface area contributed by atoms with Gasteiger partial charge >= 0.3 is 6.18 Å². The first kappa shape index (κ1) is 21.0. The van der Waals surface area contributed by atoms with Crippen molar-refractivity contribution < 1.29 is 13.2 Å². The van der Waals surface area contributed by atoms with Crippen molar-refractivity contribution in [2.45, 2.75) is 105 Å². The molecule has 28 heavy (non-hydrogen) atoms. The molecule has 4 rings (SSSR count). The molecule has 0 saturated heterocycles. The van der Waals surface area contributed by atoms with Gasteiger partial charge in [-0.2, -0.15) is 13.2 Å². The molecule has 0 radical (unpaired) electrons. The standard InChI is InChI=1S/C25H41F3/c1-5-17-10-12-23(3)18(14-17)6-7-19-21-9-8-20(16(2)15-25(26,27)28)24(21,4)13-11-22(19)23/h16-22H,5-15H2,1-4H3/t16-,17-,18?,19-,20?,21?,22?,23-,24+/m0/s1. The summed E-state index contributed by atoms with van der Waals surface area (Å²) in [4.78, 5) is 0. The lowest BCUT2D eigenvalue weighted by atomic mass is 9.44. The second kappa shape index (κ2) is 7.19. The van der Waals surface area contributed by atoms with Crippen LogP contribution < -0.4 is 0 Å². The van der Waals surface area contributed by atoms with E-state index in [1.54, 1.807) is 0 Å². The smallest absolute Gasteiger partial charge is 0.171 e. The van der Waals surface area contributed by atoms with Gasteiger partial charge in [-0.05, 0) is 110 Å². The van der Waals surface area contributed by atoms with E-state index in [9.17, 15) is 13.2 Å². The van der Waals surface area contributed by atoms with Gasteiger partial charge in [0.15, 0.2) is 0 Å². The van der Waals surface area contributed by atoms with Crippen LogP contribution in [0.4, 0.5) is 13.2 Å². The molecule has 4 aliphatic carbocycles. The van der Waals surface area contributed by atoms with Crippen LogP contribution in [0.3, 0.4) is 0 Å². The van der Waals surface area contributed by atoms with E-state index in [4.69, 9.17) is 0 Å². The van der Waals surface area contributed by atoms with Gasteiger partial charge in [-0.15, -0.1) is 0 Å². The van der Waals surface area contributed by atoms with Gasteiger partial charge in [0, 0.05) is 6.42 Å². The van der Waals surface area contributed by atoms with Gasteiger partial charge in [-0.25, -0.2) is 0 Å². The molecule has 9 atom stereocenters. The molecule has 0 aliphatic heterocycles.